The SMILES string of the molecule is O=C(CN1CCN(Cc2ccc3c(c2)OCO3)CC1)Nc1ccccc1. The molecule has 0 saturated carbocycles. The maximum Gasteiger partial charge on any atom is 0.238 e. The number of carbonyl (C=O) groups excluding carboxylic acids is 1. The van der Waals surface area contributed by atoms with Crippen LogP contribution < -0.4 is 14.8 Å². The predicted molar refractivity (Wildman–Crippen MR) is 99.4 cm³/mol. The maximum atomic E-state index is 12.2. The predicted octanol–water partition coefficient (Wildman–Crippen LogP) is 2.17. The first kappa shape index (κ1) is 16.9. The van der Waals surface area contributed by atoms with E-state index in [0.29, 0.717) is 13.3 Å². The second-order valence-electron chi connectivity index (χ2n) is 6.65. The van der Waals surface area contributed by atoms with Crippen molar-refractivity contribution < 1.29 is 14.3 Å². The Bertz CT molecular complexity index is 758. The topological polar surface area (TPSA) is 54.0 Å². The third kappa shape index (κ3) is 4.15. The summed E-state index contributed by atoms with van der Waals surface area (Å²) in [6, 6.07) is 15.7. The van der Waals surface area contributed by atoms with Crippen molar-refractivity contribution in [1.82, 2.24) is 9.80 Å². The molecule has 1 N–H and O–H groups in total. The van der Waals surface area contributed by atoms with Crippen LogP contribution in [-0.4, -0.2) is 55.2 Å². The Morgan fingerprint density at radius 2 is 1.65 bits per heavy atom. The fourth-order valence-corrected chi connectivity index (χ4v) is 3.33. The highest BCUT2D eigenvalue weighted by atomic mass is 16.7. The Hall–Kier alpha value is -2.57. The zero-order valence-corrected chi connectivity index (χ0v) is 14.7. The fourth-order valence-electron chi connectivity index (χ4n) is 3.33. The van der Waals surface area contributed by atoms with E-state index in [2.05, 4.69) is 27.2 Å². The van der Waals surface area contributed by atoms with Crippen molar-refractivity contribution in [2.24, 2.45) is 0 Å². The summed E-state index contributed by atoms with van der Waals surface area (Å²) in [5.41, 5.74) is 2.07. The van der Waals surface area contributed by atoms with Crippen LogP contribution in [0, 0.1) is 0 Å². The number of hydrogen-bond acceptors (Lipinski definition) is 5. The van der Waals surface area contributed by atoms with E-state index in [1.54, 1.807) is 0 Å². The number of hydrogen-bond donors (Lipinski definition) is 1. The minimum atomic E-state index is 0.0421. The van der Waals surface area contributed by atoms with Crippen molar-refractivity contribution in [3.05, 3.63) is 54.1 Å². The number of ether oxygens (including phenoxy) is 2. The summed E-state index contributed by atoms with van der Waals surface area (Å²) in [4.78, 5) is 16.8. The molecular weight excluding hydrogens is 330 g/mol. The fraction of sp³-hybridized carbons (Fsp3) is 0.350. The van der Waals surface area contributed by atoms with Gasteiger partial charge in [0, 0.05) is 38.4 Å². The van der Waals surface area contributed by atoms with Crippen LogP contribution >= 0.6 is 0 Å². The van der Waals surface area contributed by atoms with Gasteiger partial charge in [-0.2, -0.15) is 0 Å². The normalized spacial score (nSPS) is 17.2. The number of rotatable bonds is 5. The minimum absolute atomic E-state index is 0.0421. The molecule has 2 aliphatic rings. The van der Waals surface area contributed by atoms with Gasteiger partial charge in [-0.05, 0) is 29.8 Å². The molecule has 1 amide bonds. The molecule has 0 aliphatic carbocycles. The molecule has 2 aromatic rings. The Balaban J connectivity index is 1.23. The van der Waals surface area contributed by atoms with Crippen LogP contribution in [0.25, 0.3) is 0 Å². The van der Waals surface area contributed by atoms with E-state index < -0.39 is 0 Å². The van der Waals surface area contributed by atoms with E-state index in [0.717, 1.165) is 49.9 Å². The lowest BCUT2D eigenvalue weighted by molar-refractivity contribution is -0.117. The molecule has 0 unspecified atom stereocenters. The van der Waals surface area contributed by atoms with Gasteiger partial charge >= 0.3 is 0 Å². The number of piperazine rings is 1. The standard InChI is InChI=1S/C20H23N3O3/c24-20(21-17-4-2-1-3-5-17)14-23-10-8-22(9-11-23)13-16-6-7-18-19(12-16)26-15-25-18/h1-7,12H,8-11,13-15H2,(H,21,24). The first-order valence-electron chi connectivity index (χ1n) is 8.94. The van der Waals surface area contributed by atoms with Crippen molar-refractivity contribution in [2.75, 3.05) is 44.8 Å². The molecule has 136 valence electrons. The third-order valence-corrected chi connectivity index (χ3v) is 4.73. The molecular formula is C20H23N3O3. The molecule has 2 aliphatic heterocycles. The van der Waals surface area contributed by atoms with Crippen LogP contribution in [0.4, 0.5) is 5.69 Å². The summed E-state index contributed by atoms with van der Waals surface area (Å²) in [5.74, 6) is 1.70. The molecule has 1 fully saturated rings. The highest BCUT2D eigenvalue weighted by Crippen LogP contribution is 2.32. The lowest BCUT2D eigenvalue weighted by Gasteiger charge is -2.34. The van der Waals surface area contributed by atoms with E-state index in [-0.39, 0.29) is 5.91 Å². The highest BCUT2D eigenvalue weighted by molar-refractivity contribution is 5.92. The van der Waals surface area contributed by atoms with Gasteiger partial charge in [-0.15, -0.1) is 0 Å². The van der Waals surface area contributed by atoms with E-state index in [4.69, 9.17) is 9.47 Å². The number of anilines is 1. The summed E-state index contributed by atoms with van der Waals surface area (Å²) in [6.07, 6.45) is 0. The van der Waals surface area contributed by atoms with Crippen LogP contribution in [0.2, 0.25) is 0 Å². The number of fused-ring (bicyclic) bond motifs is 1. The second kappa shape index (κ2) is 7.76. The number of amides is 1. The van der Waals surface area contributed by atoms with Gasteiger partial charge in [-0.3, -0.25) is 14.6 Å². The molecule has 6 heteroatoms. The quantitative estimate of drug-likeness (QED) is 0.893. The zero-order valence-electron chi connectivity index (χ0n) is 14.7. The van der Waals surface area contributed by atoms with Crippen LogP contribution in [0.15, 0.2) is 48.5 Å². The number of nitrogens with zero attached hydrogens (tertiary/aromatic N) is 2. The van der Waals surface area contributed by atoms with E-state index in [1.807, 2.05) is 36.4 Å². The number of benzene rings is 2. The van der Waals surface area contributed by atoms with Gasteiger partial charge in [0.05, 0.1) is 6.54 Å². The number of nitrogens with one attached hydrogen (secondary N) is 1. The zero-order chi connectivity index (χ0) is 17.8. The minimum Gasteiger partial charge on any atom is -0.454 e. The summed E-state index contributed by atoms with van der Waals surface area (Å²) < 4.78 is 10.8. The number of carbonyl (C=O) groups is 1. The van der Waals surface area contributed by atoms with Crippen molar-refractivity contribution in [3.63, 3.8) is 0 Å². The molecule has 1 saturated heterocycles. The van der Waals surface area contributed by atoms with E-state index in [1.165, 1.54) is 5.56 Å². The van der Waals surface area contributed by atoms with Gasteiger partial charge in [0.2, 0.25) is 12.7 Å². The second-order valence-corrected chi connectivity index (χ2v) is 6.65. The molecule has 4 rings (SSSR count). The molecule has 26 heavy (non-hydrogen) atoms. The number of para-hydroxylation sites is 1. The van der Waals surface area contributed by atoms with Gasteiger partial charge in [-0.1, -0.05) is 24.3 Å². The first-order chi connectivity index (χ1) is 12.8. The summed E-state index contributed by atoms with van der Waals surface area (Å²) >= 11 is 0. The molecule has 0 spiro atoms. The average Bonchev–Trinajstić information content (AvgIpc) is 3.12. The summed E-state index contributed by atoms with van der Waals surface area (Å²) in [6.45, 7) is 5.33. The molecule has 0 atom stereocenters. The van der Waals surface area contributed by atoms with Gasteiger partial charge in [0.1, 0.15) is 0 Å². The summed E-state index contributed by atoms with van der Waals surface area (Å²) in [5, 5.41) is 2.94. The van der Waals surface area contributed by atoms with E-state index >= 15 is 0 Å². The van der Waals surface area contributed by atoms with Crippen molar-refractivity contribution in [1.29, 1.82) is 0 Å². The highest BCUT2D eigenvalue weighted by Gasteiger charge is 2.20. The summed E-state index contributed by atoms with van der Waals surface area (Å²) in [7, 11) is 0. The Morgan fingerprint density at radius 3 is 2.46 bits per heavy atom. The van der Waals surface area contributed by atoms with Crippen LogP contribution in [0.5, 0.6) is 11.5 Å². The lowest BCUT2D eigenvalue weighted by Crippen LogP contribution is -2.48. The van der Waals surface area contributed by atoms with Gasteiger partial charge in [0.15, 0.2) is 11.5 Å². The molecule has 0 radical (unpaired) electrons. The van der Waals surface area contributed by atoms with Gasteiger partial charge in [-0.25, -0.2) is 0 Å². The Morgan fingerprint density at radius 1 is 0.923 bits per heavy atom. The maximum absolute atomic E-state index is 12.2. The molecule has 0 bridgehead atoms. The van der Waals surface area contributed by atoms with Crippen LogP contribution in [-0.2, 0) is 11.3 Å². The van der Waals surface area contributed by atoms with Crippen LogP contribution in [0.3, 0.4) is 0 Å². The van der Waals surface area contributed by atoms with Gasteiger partial charge in [0.25, 0.3) is 0 Å². The molecule has 2 heterocycles. The first-order valence-corrected chi connectivity index (χ1v) is 8.94. The third-order valence-electron chi connectivity index (χ3n) is 4.73. The Labute approximate surface area is 153 Å². The largest absolute Gasteiger partial charge is 0.454 e. The van der Waals surface area contributed by atoms with E-state index in [9.17, 15) is 4.79 Å². The van der Waals surface area contributed by atoms with Crippen LogP contribution in [0.1, 0.15) is 5.56 Å². The molecule has 6 nitrogen and oxygen atoms in total. The van der Waals surface area contributed by atoms with Crippen molar-refractivity contribution >= 4 is 11.6 Å². The monoisotopic (exact) mass is 353 g/mol. The Kier molecular flexibility index (Phi) is 5.04. The van der Waals surface area contributed by atoms with Crippen molar-refractivity contribution in [3.8, 4) is 11.5 Å². The lowest BCUT2D eigenvalue weighted by atomic mass is 10.1. The van der Waals surface area contributed by atoms with Crippen molar-refractivity contribution in [2.45, 2.75) is 6.54 Å². The van der Waals surface area contributed by atoms with Gasteiger partial charge < -0.3 is 14.8 Å². The average molecular weight is 353 g/mol. The molecule has 2 aromatic carbocycles. The smallest absolute Gasteiger partial charge is 0.238 e. The molecule has 0 aromatic heterocycles.